The van der Waals surface area contributed by atoms with E-state index in [0.29, 0.717) is 31.5 Å². The number of nitrogens with zero attached hydrogens (tertiary/aromatic N) is 2. The van der Waals surface area contributed by atoms with Crippen LogP contribution in [0.3, 0.4) is 0 Å². The molecule has 188 valence electrons. The minimum atomic E-state index is -0.482. The Hall–Kier alpha value is -3.67. The quantitative estimate of drug-likeness (QED) is 0.323. The van der Waals surface area contributed by atoms with Gasteiger partial charge in [-0.2, -0.15) is 0 Å². The van der Waals surface area contributed by atoms with E-state index in [1.165, 1.54) is 6.07 Å². The number of rotatable bonds is 9. The standard InChI is InChI=1S/C30H35FN4O/c31-28-14-8-7-13-26(28)29(36)35(20-23-17-15-22(16-18-23)19-34-30(32)33)21-27(24-9-3-1-4-10-24)25-11-5-2-6-12-25/h1-14,22-23,27H,15-21H2,(H4,32,33,34). The molecule has 0 atom stereocenters. The third-order valence-electron chi connectivity index (χ3n) is 7.18. The second-order valence-corrected chi connectivity index (χ2v) is 9.72. The van der Waals surface area contributed by atoms with Gasteiger partial charge in [-0.3, -0.25) is 9.79 Å². The fraction of sp³-hybridized carbons (Fsp3) is 0.333. The Kier molecular flexibility index (Phi) is 8.71. The lowest BCUT2D eigenvalue weighted by Crippen LogP contribution is -2.40. The van der Waals surface area contributed by atoms with Gasteiger partial charge in [-0.15, -0.1) is 0 Å². The molecule has 1 amide bonds. The molecule has 0 bridgehead atoms. The first-order chi connectivity index (χ1) is 17.5. The fourth-order valence-electron chi connectivity index (χ4n) is 5.18. The third-order valence-corrected chi connectivity index (χ3v) is 7.18. The topological polar surface area (TPSA) is 84.7 Å². The molecule has 6 heteroatoms. The average Bonchev–Trinajstić information content (AvgIpc) is 2.91. The lowest BCUT2D eigenvalue weighted by molar-refractivity contribution is 0.0695. The van der Waals surface area contributed by atoms with Crippen LogP contribution in [0.1, 0.15) is 53.1 Å². The number of carbonyl (C=O) groups is 1. The van der Waals surface area contributed by atoms with Crippen molar-refractivity contribution in [3.8, 4) is 0 Å². The van der Waals surface area contributed by atoms with E-state index in [1.54, 1.807) is 18.2 Å². The Labute approximate surface area is 213 Å². The molecule has 1 aliphatic carbocycles. The Bertz CT molecular complexity index is 1100. The lowest BCUT2D eigenvalue weighted by Gasteiger charge is -2.34. The van der Waals surface area contributed by atoms with Crippen molar-refractivity contribution in [1.82, 2.24) is 4.90 Å². The van der Waals surface area contributed by atoms with Crippen molar-refractivity contribution in [3.63, 3.8) is 0 Å². The summed E-state index contributed by atoms with van der Waals surface area (Å²) < 4.78 is 14.7. The van der Waals surface area contributed by atoms with Crippen molar-refractivity contribution in [1.29, 1.82) is 0 Å². The fourth-order valence-corrected chi connectivity index (χ4v) is 5.18. The number of aliphatic imine (C=N–C) groups is 1. The second kappa shape index (κ2) is 12.3. The molecular weight excluding hydrogens is 451 g/mol. The number of hydrogen-bond donors (Lipinski definition) is 2. The van der Waals surface area contributed by atoms with Crippen LogP contribution in [0.25, 0.3) is 0 Å². The van der Waals surface area contributed by atoms with Gasteiger partial charge in [0.05, 0.1) is 5.56 Å². The molecule has 1 saturated carbocycles. The van der Waals surface area contributed by atoms with Gasteiger partial charge >= 0.3 is 0 Å². The molecule has 0 radical (unpaired) electrons. The average molecular weight is 487 g/mol. The molecule has 0 unspecified atom stereocenters. The van der Waals surface area contributed by atoms with Gasteiger partial charge in [0.15, 0.2) is 5.96 Å². The molecule has 0 saturated heterocycles. The van der Waals surface area contributed by atoms with Crippen LogP contribution in [0.15, 0.2) is 89.9 Å². The maximum Gasteiger partial charge on any atom is 0.256 e. The SMILES string of the molecule is NC(N)=NCC1CCC(CN(CC(c2ccccc2)c2ccccc2)C(=O)c2ccccc2F)CC1. The highest BCUT2D eigenvalue weighted by atomic mass is 19.1. The minimum Gasteiger partial charge on any atom is -0.370 e. The van der Waals surface area contributed by atoms with Crippen molar-refractivity contribution in [2.75, 3.05) is 19.6 Å². The zero-order valence-corrected chi connectivity index (χ0v) is 20.6. The van der Waals surface area contributed by atoms with Crippen LogP contribution in [-0.2, 0) is 0 Å². The lowest BCUT2D eigenvalue weighted by atomic mass is 9.81. The molecule has 0 aromatic heterocycles. The van der Waals surface area contributed by atoms with Gasteiger partial charge in [-0.05, 0) is 60.8 Å². The number of amides is 1. The second-order valence-electron chi connectivity index (χ2n) is 9.72. The molecule has 3 aromatic carbocycles. The molecular formula is C30H35FN4O. The molecule has 3 aromatic rings. The summed E-state index contributed by atoms with van der Waals surface area (Å²) in [4.78, 5) is 19.8. The first-order valence-corrected chi connectivity index (χ1v) is 12.7. The number of carbonyl (C=O) groups excluding carboxylic acids is 1. The van der Waals surface area contributed by atoms with Crippen LogP contribution < -0.4 is 11.5 Å². The van der Waals surface area contributed by atoms with Gasteiger partial charge in [-0.25, -0.2) is 4.39 Å². The Morgan fingerprint density at radius 3 is 1.92 bits per heavy atom. The molecule has 0 spiro atoms. The van der Waals surface area contributed by atoms with E-state index >= 15 is 0 Å². The van der Waals surface area contributed by atoms with E-state index in [1.807, 2.05) is 41.3 Å². The smallest absolute Gasteiger partial charge is 0.256 e. The molecule has 5 nitrogen and oxygen atoms in total. The molecule has 0 heterocycles. The van der Waals surface area contributed by atoms with Gasteiger partial charge in [0, 0.05) is 25.6 Å². The van der Waals surface area contributed by atoms with Crippen molar-refractivity contribution < 1.29 is 9.18 Å². The number of hydrogen-bond acceptors (Lipinski definition) is 2. The van der Waals surface area contributed by atoms with Crippen molar-refractivity contribution in [3.05, 3.63) is 107 Å². The van der Waals surface area contributed by atoms with Gasteiger partial charge in [-0.1, -0.05) is 72.8 Å². The number of guanidine groups is 1. The summed E-state index contributed by atoms with van der Waals surface area (Å²) in [5.74, 6) is 0.189. The summed E-state index contributed by atoms with van der Waals surface area (Å²) in [5, 5.41) is 0. The van der Waals surface area contributed by atoms with E-state index in [-0.39, 0.29) is 23.3 Å². The minimum absolute atomic E-state index is 0.0127. The number of halogens is 1. The van der Waals surface area contributed by atoms with Gasteiger partial charge < -0.3 is 16.4 Å². The first-order valence-electron chi connectivity index (χ1n) is 12.7. The van der Waals surface area contributed by atoms with E-state index in [2.05, 4.69) is 29.3 Å². The predicted octanol–water partition coefficient (Wildman–Crippen LogP) is 5.18. The first kappa shape index (κ1) is 25.4. The Balaban J connectivity index is 1.58. The largest absolute Gasteiger partial charge is 0.370 e. The van der Waals surface area contributed by atoms with Gasteiger partial charge in [0.25, 0.3) is 5.91 Å². The van der Waals surface area contributed by atoms with E-state index < -0.39 is 5.82 Å². The summed E-state index contributed by atoms with van der Waals surface area (Å²) >= 11 is 0. The molecule has 4 N–H and O–H groups in total. The van der Waals surface area contributed by atoms with Crippen molar-refractivity contribution in [2.24, 2.45) is 28.3 Å². The van der Waals surface area contributed by atoms with Gasteiger partial charge in [0.1, 0.15) is 5.82 Å². The van der Waals surface area contributed by atoms with Crippen LogP contribution in [-0.4, -0.2) is 36.4 Å². The summed E-state index contributed by atoms with van der Waals surface area (Å²) in [6.45, 7) is 1.73. The third kappa shape index (κ3) is 6.72. The van der Waals surface area contributed by atoms with Crippen LogP contribution >= 0.6 is 0 Å². The maximum absolute atomic E-state index is 14.7. The number of nitrogens with two attached hydrogens (primary N) is 2. The van der Waals surface area contributed by atoms with Crippen LogP contribution in [0.4, 0.5) is 4.39 Å². The summed E-state index contributed by atoms with van der Waals surface area (Å²) in [5.41, 5.74) is 13.4. The van der Waals surface area contributed by atoms with E-state index in [0.717, 1.165) is 36.8 Å². The predicted molar refractivity (Wildman–Crippen MR) is 143 cm³/mol. The molecule has 4 rings (SSSR count). The normalized spacial score (nSPS) is 17.5. The summed E-state index contributed by atoms with van der Waals surface area (Å²) in [7, 11) is 0. The summed E-state index contributed by atoms with van der Waals surface area (Å²) in [6, 6.07) is 26.7. The number of benzene rings is 3. The highest BCUT2D eigenvalue weighted by Gasteiger charge is 2.29. The van der Waals surface area contributed by atoms with E-state index in [9.17, 15) is 9.18 Å². The maximum atomic E-state index is 14.7. The van der Waals surface area contributed by atoms with Gasteiger partial charge in [0.2, 0.25) is 0 Å². The zero-order valence-electron chi connectivity index (χ0n) is 20.6. The molecule has 36 heavy (non-hydrogen) atoms. The Morgan fingerprint density at radius 1 is 0.833 bits per heavy atom. The van der Waals surface area contributed by atoms with Crippen LogP contribution in [0, 0.1) is 17.7 Å². The summed E-state index contributed by atoms with van der Waals surface area (Å²) in [6.07, 6.45) is 4.02. The highest BCUT2D eigenvalue weighted by molar-refractivity contribution is 5.94. The molecule has 1 fully saturated rings. The molecule has 0 aliphatic heterocycles. The van der Waals surface area contributed by atoms with Crippen molar-refractivity contribution >= 4 is 11.9 Å². The molecule has 1 aliphatic rings. The zero-order chi connectivity index (χ0) is 25.3. The van der Waals surface area contributed by atoms with Crippen LogP contribution in [0.2, 0.25) is 0 Å². The van der Waals surface area contributed by atoms with Crippen LogP contribution in [0.5, 0.6) is 0 Å². The Morgan fingerprint density at radius 2 is 1.36 bits per heavy atom. The highest BCUT2D eigenvalue weighted by Crippen LogP contribution is 2.32. The van der Waals surface area contributed by atoms with Crippen molar-refractivity contribution in [2.45, 2.75) is 31.6 Å². The van der Waals surface area contributed by atoms with E-state index in [4.69, 9.17) is 11.5 Å². The monoisotopic (exact) mass is 486 g/mol.